The summed E-state index contributed by atoms with van der Waals surface area (Å²) in [5.74, 6) is 1.29. The maximum absolute atomic E-state index is 13.7. The number of ether oxygens (including phenoxy) is 2. The van der Waals surface area contributed by atoms with Crippen LogP contribution in [-0.4, -0.2) is 55.2 Å². The highest BCUT2D eigenvalue weighted by Crippen LogP contribution is 2.44. The molecule has 0 aromatic heterocycles. The Hall–Kier alpha value is -3.06. The molecule has 1 fully saturated rings. The zero-order valence-corrected chi connectivity index (χ0v) is 22.0. The van der Waals surface area contributed by atoms with Gasteiger partial charge in [-0.05, 0) is 75.3 Å². The number of carbonyl (C=O) groups is 2. The quantitative estimate of drug-likeness (QED) is 0.585. The molecule has 3 heterocycles. The van der Waals surface area contributed by atoms with Crippen LogP contribution in [0.4, 0.5) is 16.2 Å². The van der Waals surface area contributed by atoms with Crippen LogP contribution in [0.25, 0.3) is 0 Å². The molecule has 1 saturated heterocycles. The number of benzene rings is 2. The van der Waals surface area contributed by atoms with Crippen molar-refractivity contribution in [1.29, 1.82) is 0 Å². The minimum atomic E-state index is -0.269. The van der Waals surface area contributed by atoms with Crippen molar-refractivity contribution in [2.45, 2.75) is 71.1 Å². The van der Waals surface area contributed by atoms with Crippen LogP contribution in [0.15, 0.2) is 36.4 Å². The third kappa shape index (κ3) is 4.34. The number of nitrogens with zero attached hydrogens (tertiary/aromatic N) is 3. The summed E-state index contributed by atoms with van der Waals surface area (Å²) in [6.45, 7) is 10.8. The molecule has 0 bridgehead atoms. The highest BCUT2D eigenvalue weighted by molar-refractivity contribution is 5.97. The van der Waals surface area contributed by atoms with E-state index in [2.05, 4.69) is 31.7 Å². The van der Waals surface area contributed by atoms with Gasteiger partial charge in [0.2, 0.25) is 5.91 Å². The minimum absolute atomic E-state index is 0.0736. The maximum Gasteiger partial charge on any atom is 0.414 e. The molecular weight excluding hydrogens is 454 g/mol. The zero-order chi connectivity index (χ0) is 25.6. The number of piperidine rings is 1. The van der Waals surface area contributed by atoms with Crippen molar-refractivity contribution in [2.24, 2.45) is 0 Å². The summed E-state index contributed by atoms with van der Waals surface area (Å²) < 4.78 is 10.9. The van der Waals surface area contributed by atoms with Gasteiger partial charge in [0.15, 0.2) is 0 Å². The summed E-state index contributed by atoms with van der Waals surface area (Å²) in [5, 5.41) is 0. The van der Waals surface area contributed by atoms with E-state index in [-0.39, 0.29) is 23.6 Å². The van der Waals surface area contributed by atoms with Gasteiger partial charge >= 0.3 is 6.09 Å². The lowest BCUT2D eigenvalue weighted by atomic mass is 9.80. The molecule has 7 heteroatoms. The van der Waals surface area contributed by atoms with E-state index in [1.165, 1.54) is 5.56 Å². The molecule has 2 aromatic carbocycles. The topological polar surface area (TPSA) is 62.3 Å². The molecule has 2 amide bonds. The van der Waals surface area contributed by atoms with E-state index >= 15 is 0 Å². The molecule has 1 unspecified atom stereocenters. The number of aryl methyl sites for hydroxylation is 1. The highest BCUT2D eigenvalue weighted by atomic mass is 16.6. The van der Waals surface area contributed by atoms with E-state index in [9.17, 15) is 9.59 Å². The fourth-order valence-corrected chi connectivity index (χ4v) is 6.42. The second kappa shape index (κ2) is 9.43. The second-order valence-corrected chi connectivity index (χ2v) is 11.1. The van der Waals surface area contributed by atoms with E-state index in [1.54, 1.807) is 7.11 Å². The average Bonchev–Trinajstić information content (AvgIpc) is 2.84. The highest BCUT2D eigenvalue weighted by Gasteiger charge is 2.41. The summed E-state index contributed by atoms with van der Waals surface area (Å²) in [5.41, 5.74) is 5.04. The molecule has 3 aliphatic rings. The van der Waals surface area contributed by atoms with Gasteiger partial charge in [-0.25, -0.2) is 4.79 Å². The first-order valence-electron chi connectivity index (χ1n) is 13.0. The molecular formula is C29H37N3O4. The summed E-state index contributed by atoms with van der Waals surface area (Å²) in [7, 11) is 1.68. The van der Waals surface area contributed by atoms with Gasteiger partial charge in [0.05, 0.1) is 19.3 Å². The standard InChI is InChI=1S/C29H37N3O4/c1-19-7-6-8-21-18-36-28(34)31(27(19)21)22-11-13-30(14-12-22)17-26(33)32-25-10-9-23(35-5)15-24(25)20(2)16-29(32,3)4/h6-10,15,20,22H,11-14,16-18H2,1-5H3. The fraction of sp³-hybridized carbons (Fsp3) is 0.517. The zero-order valence-electron chi connectivity index (χ0n) is 22.0. The number of fused-ring (bicyclic) bond motifs is 2. The van der Waals surface area contributed by atoms with Crippen LogP contribution < -0.4 is 14.5 Å². The van der Waals surface area contributed by atoms with Crippen LogP contribution in [-0.2, 0) is 16.1 Å². The Morgan fingerprint density at radius 1 is 1.17 bits per heavy atom. The normalized spacial score (nSPS) is 22.0. The molecule has 7 nitrogen and oxygen atoms in total. The SMILES string of the molecule is COc1ccc2c(c1)C(C)CC(C)(C)N2C(=O)CN1CCC(N2C(=O)OCc3cccc(C)c32)CC1. The summed E-state index contributed by atoms with van der Waals surface area (Å²) in [6.07, 6.45) is 2.26. The van der Waals surface area contributed by atoms with Crippen LogP contribution >= 0.6 is 0 Å². The minimum Gasteiger partial charge on any atom is -0.497 e. The summed E-state index contributed by atoms with van der Waals surface area (Å²) in [6, 6.07) is 12.2. The van der Waals surface area contributed by atoms with Gasteiger partial charge in [-0.2, -0.15) is 0 Å². The molecule has 3 aliphatic heterocycles. The number of amides is 2. The monoisotopic (exact) mass is 491 g/mol. The van der Waals surface area contributed by atoms with Crippen LogP contribution in [0.3, 0.4) is 0 Å². The van der Waals surface area contributed by atoms with Gasteiger partial charge in [-0.15, -0.1) is 0 Å². The van der Waals surface area contributed by atoms with Crippen molar-refractivity contribution in [3.05, 3.63) is 53.1 Å². The molecule has 192 valence electrons. The third-order valence-corrected chi connectivity index (χ3v) is 8.06. The smallest absolute Gasteiger partial charge is 0.414 e. The van der Waals surface area contributed by atoms with Crippen molar-refractivity contribution < 1.29 is 19.1 Å². The van der Waals surface area contributed by atoms with Gasteiger partial charge in [0.1, 0.15) is 12.4 Å². The number of cyclic esters (lactones) is 1. The molecule has 0 saturated carbocycles. The third-order valence-electron chi connectivity index (χ3n) is 8.06. The second-order valence-electron chi connectivity index (χ2n) is 11.1. The number of methoxy groups -OCH3 is 1. The van der Waals surface area contributed by atoms with Crippen molar-refractivity contribution in [1.82, 2.24) is 4.90 Å². The largest absolute Gasteiger partial charge is 0.497 e. The molecule has 5 rings (SSSR count). The Morgan fingerprint density at radius 2 is 1.92 bits per heavy atom. The maximum atomic E-state index is 13.7. The Balaban J connectivity index is 1.29. The van der Waals surface area contributed by atoms with Crippen molar-refractivity contribution in [3.63, 3.8) is 0 Å². The molecule has 36 heavy (non-hydrogen) atoms. The van der Waals surface area contributed by atoms with E-state index in [1.807, 2.05) is 47.1 Å². The number of para-hydroxylation sites is 1. The molecule has 0 spiro atoms. The van der Waals surface area contributed by atoms with Gasteiger partial charge in [-0.3, -0.25) is 14.6 Å². The number of likely N-dealkylation sites (tertiary alicyclic amines) is 1. The van der Waals surface area contributed by atoms with Crippen molar-refractivity contribution in [2.75, 3.05) is 36.5 Å². The lowest BCUT2D eigenvalue weighted by molar-refractivity contribution is -0.121. The number of carbonyl (C=O) groups excluding carboxylic acids is 2. The van der Waals surface area contributed by atoms with Gasteiger partial charge in [0.25, 0.3) is 0 Å². The Kier molecular flexibility index (Phi) is 6.45. The lowest BCUT2D eigenvalue weighted by Crippen LogP contribution is -2.56. The lowest BCUT2D eigenvalue weighted by Gasteiger charge is -2.47. The number of rotatable bonds is 4. The van der Waals surface area contributed by atoms with Crippen molar-refractivity contribution in [3.8, 4) is 5.75 Å². The average molecular weight is 492 g/mol. The van der Waals surface area contributed by atoms with Gasteiger partial charge in [0, 0.05) is 35.9 Å². The van der Waals surface area contributed by atoms with Crippen LogP contribution in [0.5, 0.6) is 5.75 Å². The molecule has 0 N–H and O–H groups in total. The molecule has 0 radical (unpaired) electrons. The summed E-state index contributed by atoms with van der Waals surface area (Å²) >= 11 is 0. The van der Waals surface area contributed by atoms with Crippen molar-refractivity contribution >= 4 is 23.4 Å². The van der Waals surface area contributed by atoms with E-state index in [0.717, 1.165) is 60.6 Å². The molecule has 1 atom stereocenters. The van der Waals surface area contributed by atoms with Crippen LogP contribution in [0.2, 0.25) is 0 Å². The first-order chi connectivity index (χ1) is 17.2. The molecule has 0 aliphatic carbocycles. The predicted molar refractivity (Wildman–Crippen MR) is 141 cm³/mol. The number of anilines is 2. The number of hydrogen-bond donors (Lipinski definition) is 0. The fourth-order valence-electron chi connectivity index (χ4n) is 6.42. The van der Waals surface area contributed by atoms with Crippen LogP contribution in [0.1, 0.15) is 62.6 Å². The Morgan fingerprint density at radius 3 is 2.64 bits per heavy atom. The van der Waals surface area contributed by atoms with E-state index < -0.39 is 0 Å². The van der Waals surface area contributed by atoms with Gasteiger partial charge < -0.3 is 14.4 Å². The van der Waals surface area contributed by atoms with E-state index in [4.69, 9.17) is 9.47 Å². The Labute approximate surface area is 214 Å². The Bertz CT molecular complexity index is 1170. The van der Waals surface area contributed by atoms with Gasteiger partial charge in [-0.1, -0.05) is 25.1 Å². The predicted octanol–water partition coefficient (Wildman–Crippen LogP) is 5.24. The van der Waals surface area contributed by atoms with E-state index in [0.29, 0.717) is 19.1 Å². The number of hydrogen-bond acceptors (Lipinski definition) is 5. The molecule has 2 aromatic rings. The first kappa shape index (κ1) is 24.6. The summed E-state index contributed by atoms with van der Waals surface area (Å²) in [4.78, 5) is 32.5. The van der Waals surface area contributed by atoms with Crippen LogP contribution in [0, 0.1) is 6.92 Å². The first-order valence-corrected chi connectivity index (χ1v) is 13.0.